The molecule has 16 heavy (non-hydrogen) atoms. The van der Waals surface area contributed by atoms with Crippen molar-refractivity contribution in [3.8, 4) is 11.5 Å². The summed E-state index contributed by atoms with van der Waals surface area (Å²) in [5.74, 6) is -4.39. The van der Waals surface area contributed by atoms with E-state index in [0.717, 1.165) is 19.2 Å². The molecule has 1 aromatic carbocycles. The summed E-state index contributed by atoms with van der Waals surface area (Å²) in [6.45, 7) is 0. The van der Waals surface area contributed by atoms with Crippen molar-refractivity contribution in [2.24, 2.45) is 0 Å². The zero-order chi connectivity index (χ0) is 12.3. The number of carboxylic acids is 1. The van der Waals surface area contributed by atoms with E-state index in [4.69, 9.17) is 5.11 Å². The van der Waals surface area contributed by atoms with Gasteiger partial charge < -0.3 is 14.6 Å². The van der Waals surface area contributed by atoms with Crippen LogP contribution in [0.3, 0.4) is 0 Å². The van der Waals surface area contributed by atoms with Gasteiger partial charge in [-0.15, -0.1) is 0 Å². The summed E-state index contributed by atoms with van der Waals surface area (Å²) in [6, 6.07) is 2.30. The lowest BCUT2D eigenvalue weighted by Crippen LogP contribution is -2.14. The Morgan fingerprint density at radius 2 is 1.88 bits per heavy atom. The molecular weight excluding hydrogens is 219 g/mol. The molecule has 0 radical (unpaired) electrons. The number of halogens is 1. The van der Waals surface area contributed by atoms with Crippen LogP contribution in [0.25, 0.3) is 0 Å². The first kappa shape index (κ1) is 12.0. The first-order valence-electron chi connectivity index (χ1n) is 4.21. The number of rotatable bonds is 4. The van der Waals surface area contributed by atoms with E-state index in [2.05, 4.69) is 9.47 Å². The molecule has 0 amide bonds. The number of methoxy groups -OCH3 is 2. The lowest BCUT2D eigenvalue weighted by Gasteiger charge is -2.09. The van der Waals surface area contributed by atoms with Gasteiger partial charge in [0.05, 0.1) is 19.8 Å². The summed E-state index contributed by atoms with van der Waals surface area (Å²) in [5.41, 5.74) is -0.353. The second-order valence-electron chi connectivity index (χ2n) is 2.80. The minimum atomic E-state index is -1.68. The van der Waals surface area contributed by atoms with Gasteiger partial charge in [0.15, 0.2) is 11.5 Å². The van der Waals surface area contributed by atoms with E-state index < -0.39 is 23.3 Å². The van der Waals surface area contributed by atoms with Crippen molar-refractivity contribution >= 4 is 11.8 Å². The van der Waals surface area contributed by atoms with Crippen LogP contribution in [0, 0.1) is 5.82 Å². The molecule has 0 heterocycles. The number of ketones is 1. The molecule has 1 rings (SSSR count). The molecule has 0 atom stereocenters. The first-order valence-corrected chi connectivity index (χ1v) is 4.21. The Kier molecular flexibility index (Phi) is 3.44. The van der Waals surface area contributed by atoms with E-state index in [1.807, 2.05) is 0 Å². The highest BCUT2D eigenvalue weighted by Crippen LogP contribution is 2.30. The van der Waals surface area contributed by atoms with Gasteiger partial charge in [-0.2, -0.15) is 4.39 Å². The summed E-state index contributed by atoms with van der Waals surface area (Å²) in [7, 11) is 2.38. The van der Waals surface area contributed by atoms with Crippen molar-refractivity contribution in [1.82, 2.24) is 0 Å². The minimum Gasteiger partial charge on any atom is -0.494 e. The number of Topliss-reactive ketones (excluding diaryl/α,β-unsaturated/α-hetero) is 1. The van der Waals surface area contributed by atoms with Gasteiger partial charge in [-0.25, -0.2) is 4.79 Å². The molecule has 1 aromatic rings. The molecule has 0 spiro atoms. The normalized spacial score (nSPS) is 9.69. The number of benzene rings is 1. The fourth-order valence-electron chi connectivity index (χ4n) is 1.19. The fraction of sp³-hybridized carbons (Fsp3) is 0.200. The standard InChI is InChI=1S/C10H9FO5/c1-15-6-4-3-5(8(12)10(13)14)9(16-2)7(6)11/h3-4H,1-2H3,(H,13,14). The summed E-state index contributed by atoms with van der Waals surface area (Å²) in [6.07, 6.45) is 0. The summed E-state index contributed by atoms with van der Waals surface area (Å²) >= 11 is 0. The molecule has 86 valence electrons. The van der Waals surface area contributed by atoms with Gasteiger partial charge >= 0.3 is 5.97 Å². The Balaban J connectivity index is 3.37. The Bertz CT molecular complexity index is 441. The molecule has 0 fully saturated rings. The van der Waals surface area contributed by atoms with E-state index in [0.29, 0.717) is 0 Å². The number of hydrogen-bond donors (Lipinski definition) is 1. The third-order valence-electron chi connectivity index (χ3n) is 1.92. The van der Waals surface area contributed by atoms with E-state index in [1.54, 1.807) is 0 Å². The predicted molar refractivity (Wildman–Crippen MR) is 51.5 cm³/mol. The predicted octanol–water partition coefficient (Wildman–Crippen LogP) is 1.11. The van der Waals surface area contributed by atoms with Gasteiger partial charge in [0.2, 0.25) is 5.82 Å². The molecule has 0 saturated carbocycles. The third-order valence-corrected chi connectivity index (χ3v) is 1.92. The van der Waals surface area contributed by atoms with Crippen LogP contribution in [0.5, 0.6) is 11.5 Å². The average Bonchev–Trinajstić information content (AvgIpc) is 2.27. The van der Waals surface area contributed by atoms with Crippen molar-refractivity contribution in [3.05, 3.63) is 23.5 Å². The van der Waals surface area contributed by atoms with E-state index in [1.165, 1.54) is 7.11 Å². The van der Waals surface area contributed by atoms with Crippen LogP contribution >= 0.6 is 0 Å². The van der Waals surface area contributed by atoms with E-state index >= 15 is 0 Å². The van der Waals surface area contributed by atoms with Gasteiger partial charge in [-0.1, -0.05) is 0 Å². The molecule has 5 nitrogen and oxygen atoms in total. The smallest absolute Gasteiger partial charge is 0.377 e. The number of carbonyl (C=O) groups is 2. The number of carboxylic acid groups (broad SMARTS) is 1. The zero-order valence-electron chi connectivity index (χ0n) is 8.61. The zero-order valence-corrected chi connectivity index (χ0v) is 8.61. The second kappa shape index (κ2) is 4.61. The molecule has 0 aliphatic rings. The van der Waals surface area contributed by atoms with Crippen LogP contribution in [0.1, 0.15) is 10.4 Å². The first-order chi connectivity index (χ1) is 7.52. The third kappa shape index (κ3) is 1.95. The number of carbonyl (C=O) groups excluding carboxylic acids is 1. The van der Waals surface area contributed by atoms with Gasteiger partial charge in [0, 0.05) is 0 Å². The van der Waals surface area contributed by atoms with Gasteiger partial charge in [-0.05, 0) is 12.1 Å². The molecule has 0 aliphatic heterocycles. The van der Waals surface area contributed by atoms with Crippen molar-refractivity contribution in [1.29, 1.82) is 0 Å². The average molecular weight is 228 g/mol. The lowest BCUT2D eigenvalue weighted by molar-refractivity contribution is -0.131. The van der Waals surface area contributed by atoms with Crippen LogP contribution in [0.15, 0.2) is 12.1 Å². The Labute approximate surface area is 90.4 Å². The van der Waals surface area contributed by atoms with Crippen LogP contribution in [-0.4, -0.2) is 31.1 Å². The van der Waals surface area contributed by atoms with E-state index in [-0.39, 0.29) is 11.3 Å². The summed E-state index contributed by atoms with van der Waals surface area (Å²) in [5, 5.41) is 8.51. The molecule has 0 saturated heterocycles. The van der Waals surface area contributed by atoms with Crippen LogP contribution in [0.4, 0.5) is 4.39 Å². The topological polar surface area (TPSA) is 72.8 Å². The molecule has 0 unspecified atom stereocenters. The number of aliphatic carboxylic acids is 1. The molecule has 0 aromatic heterocycles. The van der Waals surface area contributed by atoms with E-state index in [9.17, 15) is 14.0 Å². The van der Waals surface area contributed by atoms with Crippen LogP contribution in [0.2, 0.25) is 0 Å². The fourth-order valence-corrected chi connectivity index (χ4v) is 1.19. The Hall–Kier alpha value is -2.11. The summed E-state index contributed by atoms with van der Waals surface area (Å²) < 4.78 is 22.9. The molecule has 0 bridgehead atoms. The van der Waals surface area contributed by atoms with Gasteiger partial charge in [0.25, 0.3) is 5.78 Å². The largest absolute Gasteiger partial charge is 0.494 e. The SMILES string of the molecule is COc1ccc(C(=O)C(=O)O)c(OC)c1F. The molecule has 6 heteroatoms. The maximum atomic E-state index is 13.6. The Morgan fingerprint density at radius 1 is 1.25 bits per heavy atom. The minimum absolute atomic E-state index is 0.126. The summed E-state index contributed by atoms with van der Waals surface area (Å²) in [4.78, 5) is 21.7. The van der Waals surface area contributed by atoms with Crippen molar-refractivity contribution < 1.29 is 28.6 Å². The van der Waals surface area contributed by atoms with Crippen molar-refractivity contribution in [3.63, 3.8) is 0 Å². The number of hydrogen-bond acceptors (Lipinski definition) is 4. The van der Waals surface area contributed by atoms with Crippen molar-refractivity contribution in [2.75, 3.05) is 14.2 Å². The molecular formula is C10H9FO5. The monoisotopic (exact) mass is 228 g/mol. The molecule has 1 N–H and O–H groups in total. The number of ether oxygens (including phenoxy) is 2. The highest BCUT2D eigenvalue weighted by molar-refractivity contribution is 6.40. The molecule has 0 aliphatic carbocycles. The highest BCUT2D eigenvalue weighted by Gasteiger charge is 2.24. The second-order valence-corrected chi connectivity index (χ2v) is 2.80. The van der Waals surface area contributed by atoms with Gasteiger partial charge in [-0.3, -0.25) is 4.79 Å². The maximum Gasteiger partial charge on any atom is 0.377 e. The lowest BCUT2D eigenvalue weighted by atomic mass is 10.1. The Morgan fingerprint density at radius 3 is 2.31 bits per heavy atom. The van der Waals surface area contributed by atoms with Crippen LogP contribution < -0.4 is 9.47 Å². The highest BCUT2D eigenvalue weighted by atomic mass is 19.1. The van der Waals surface area contributed by atoms with Gasteiger partial charge in [0.1, 0.15) is 0 Å². The maximum absolute atomic E-state index is 13.6. The quantitative estimate of drug-likeness (QED) is 0.617. The van der Waals surface area contributed by atoms with Crippen molar-refractivity contribution in [2.45, 2.75) is 0 Å². The van der Waals surface area contributed by atoms with Crippen LogP contribution in [-0.2, 0) is 4.79 Å².